The SMILES string of the molecule is CNCCCN(C)C(=O)C1(C)CCNCC1. The maximum atomic E-state index is 12.3. The average molecular weight is 227 g/mol. The molecular formula is C12H25N3O. The van der Waals surface area contributed by atoms with Gasteiger partial charge < -0.3 is 15.5 Å². The number of hydrogen-bond donors (Lipinski definition) is 2. The van der Waals surface area contributed by atoms with E-state index in [1.54, 1.807) is 0 Å². The first-order valence-corrected chi connectivity index (χ1v) is 6.21. The van der Waals surface area contributed by atoms with Crippen LogP contribution in [0.1, 0.15) is 26.2 Å². The fraction of sp³-hybridized carbons (Fsp3) is 0.917. The molecule has 0 atom stereocenters. The van der Waals surface area contributed by atoms with Gasteiger partial charge >= 0.3 is 0 Å². The lowest BCUT2D eigenvalue weighted by Crippen LogP contribution is -2.46. The van der Waals surface area contributed by atoms with Crippen LogP contribution in [0.4, 0.5) is 0 Å². The van der Waals surface area contributed by atoms with Crippen LogP contribution in [-0.2, 0) is 4.79 Å². The molecule has 0 radical (unpaired) electrons. The average Bonchev–Trinajstić information content (AvgIpc) is 2.29. The zero-order chi connectivity index (χ0) is 12.0. The predicted molar refractivity (Wildman–Crippen MR) is 66.4 cm³/mol. The molecule has 0 aromatic heterocycles. The molecule has 0 spiro atoms. The van der Waals surface area contributed by atoms with Crippen LogP contribution < -0.4 is 10.6 Å². The van der Waals surface area contributed by atoms with Gasteiger partial charge in [-0.25, -0.2) is 0 Å². The van der Waals surface area contributed by atoms with Crippen LogP contribution in [0.3, 0.4) is 0 Å². The maximum absolute atomic E-state index is 12.3. The van der Waals surface area contributed by atoms with Gasteiger partial charge in [-0.05, 0) is 45.9 Å². The van der Waals surface area contributed by atoms with Gasteiger partial charge in [0, 0.05) is 19.0 Å². The Labute approximate surface area is 98.8 Å². The van der Waals surface area contributed by atoms with Crippen molar-refractivity contribution in [1.29, 1.82) is 0 Å². The fourth-order valence-electron chi connectivity index (χ4n) is 2.25. The number of hydrogen-bond acceptors (Lipinski definition) is 3. The Morgan fingerprint density at radius 2 is 2.06 bits per heavy atom. The van der Waals surface area contributed by atoms with Crippen molar-refractivity contribution in [2.75, 3.05) is 40.3 Å². The molecule has 2 N–H and O–H groups in total. The van der Waals surface area contributed by atoms with Gasteiger partial charge in [-0.15, -0.1) is 0 Å². The van der Waals surface area contributed by atoms with E-state index in [1.165, 1.54) is 0 Å². The van der Waals surface area contributed by atoms with E-state index in [9.17, 15) is 4.79 Å². The lowest BCUT2D eigenvalue weighted by Gasteiger charge is -2.36. The number of nitrogens with one attached hydrogen (secondary N) is 2. The van der Waals surface area contributed by atoms with E-state index < -0.39 is 0 Å². The Balaban J connectivity index is 2.41. The Morgan fingerprint density at radius 3 is 2.62 bits per heavy atom. The Morgan fingerprint density at radius 1 is 1.44 bits per heavy atom. The first-order chi connectivity index (χ1) is 7.60. The summed E-state index contributed by atoms with van der Waals surface area (Å²) < 4.78 is 0. The molecule has 1 heterocycles. The number of carbonyl (C=O) groups is 1. The van der Waals surface area contributed by atoms with Gasteiger partial charge in [-0.3, -0.25) is 4.79 Å². The highest BCUT2D eigenvalue weighted by atomic mass is 16.2. The van der Waals surface area contributed by atoms with Crippen molar-refractivity contribution in [3.63, 3.8) is 0 Å². The summed E-state index contributed by atoms with van der Waals surface area (Å²) in [4.78, 5) is 14.2. The Hall–Kier alpha value is -0.610. The molecule has 0 unspecified atom stereocenters. The Bertz CT molecular complexity index is 224. The third-order valence-corrected chi connectivity index (χ3v) is 3.49. The highest BCUT2D eigenvalue weighted by Gasteiger charge is 2.36. The largest absolute Gasteiger partial charge is 0.345 e. The van der Waals surface area contributed by atoms with E-state index in [1.807, 2.05) is 19.0 Å². The van der Waals surface area contributed by atoms with E-state index in [0.717, 1.165) is 45.4 Å². The minimum atomic E-state index is -0.139. The van der Waals surface area contributed by atoms with E-state index >= 15 is 0 Å². The highest BCUT2D eigenvalue weighted by molar-refractivity contribution is 5.82. The van der Waals surface area contributed by atoms with Crippen LogP contribution in [0.5, 0.6) is 0 Å². The second-order valence-corrected chi connectivity index (χ2v) is 4.99. The lowest BCUT2D eigenvalue weighted by molar-refractivity contribution is -0.141. The summed E-state index contributed by atoms with van der Waals surface area (Å²) in [6, 6.07) is 0. The molecule has 1 aliphatic rings. The molecule has 1 rings (SSSR count). The van der Waals surface area contributed by atoms with Gasteiger partial charge in [0.15, 0.2) is 0 Å². The van der Waals surface area contributed by atoms with Crippen LogP contribution in [0, 0.1) is 5.41 Å². The number of nitrogens with zero attached hydrogens (tertiary/aromatic N) is 1. The molecule has 1 fully saturated rings. The summed E-state index contributed by atoms with van der Waals surface area (Å²) in [5.74, 6) is 0.310. The summed E-state index contributed by atoms with van der Waals surface area (Å²) in [5.41, 5.74) is -0.139. The quantitative estimate of drug-likeness (QED) is 0.670. The monoisotopic (exact) mass is 227 g/mol. The summed E-state index contributed by atoms with van der Waals surface area (Å²) >= 11 is 0. The molecular weight excluding hydrogens is 202 g/mol. The van der Waals surface area contributed by atoms with Crippen molar-refractivity contribution >= 4 is 5.91 Å². The smallest absolute Gasteiger partial charge is 0.228 e. The minimum Gasteiger partial charge on any atom is -0.345 e. The first-order valence-electron chi connectivity index (χ1n) is 6.21. The standard InChI is InChI=1S/C12H25N3O/c1-12(5-8-14-9-6-12)11(16)15(3)10-4-7-13-2/h13-14H,4-10H2,1-3H3. The highest BCUT2D eigenvalue weighted by Crippen LogP contribution is 2.29. The molecule has 0 bridgehead atoms. The van der Waals surface area contributed by atoms with Gasteiger partial charge in [-0.1, -0.05) is 6.92 Å². The molecule has 1 aliphatic heterocycles. The molecule has 4 nitrogen and oxygen atoms in total. The van der Waals surface area contributed by atoms with E-state index in [2.05, 4.69) is 17.6 Å². The number of piperidine rings is 1. The molecule has 1 saturated heterocycles. The number of carbonyl (C=O) groups excluding carboxylic acids is 1. The third kappa shape index (κ3) is 3.46. The van der Waals surface area contributed by atoms with E-state index in [4.69, 9.17) is 0 Å². The molecule has 0 aromatic rings. The second-order valence-electron chi connectivity index (χ2n) is 4.99. The van der Waals surface area contributed by atoms with Crippen LogP contribution in [0.2, 0.25) is 0 Å². The minimum absolute atomic E-state index is 0.139. The molecule has 4 heteroatoms. The van der Waals surface area contributed by atoms with Crippen molar-refractivity contribution < 1.29 is 4.79 Å². The van der Waals surface area contributed by atoms with Gasteiger partial charge in [0.1, 0.15) is 0 Å². The molecule has 0 aromatic carbocycles. The fourth-order valence-corrected chi connectivity index (χ4v) is 2.25. The van der Waals surface area contributed by atoms with Crippen molar-refractivity contribution in [3.05, 3.63) is 0 Å². The predicted octanol–water partition coefficient (Wildman–Crippen LogP) is 0.444. The van der Waals surface area contributed by atoms with Gasteiger partial charge in [0.05, 0.1) is 0 Å². The second kappa shape index (κ2) is 6.21. The van der Waals surface area contributed by atoms with Crippen molar-refractivity contribution in [1.82, 2.24) is 15.5 Å². The van der Waals surface area contributed by atoms with Gasteiger partial charge in [0.2, 0.25) is 5.91 Å². The molecule has 94 valence electrons. The zero-order valence-electron chi connectivity index (χ0n) is 10.8. The molecule has 16 heavy (non-hydrogen) atoms. The van der Waals surface area contributed by atoms with Crippen molar-refractivity contribution in [2.24, 2.45) is 5.41 Å². The van der Waals surface area contributed by atoms with Crippen LogP contribution in [0.15, 0.2) is 0 Å². The summed E-state index contributed by atoms with van der Waals surface area (Å²) in [5, 5.41) is 6.41. The summed E-state index contributed by atoms with van der Waals surface area (Å²) in [6.45, 7) is 5.85. The molecule has 0 saturated carbocycles. The zero-order valence-corrected chi connectivity index (χ0v) is 10.8. The van der Waals surface area contributed by atoms with E-state index in [-0.39, 0.29) is 5.41 Å². The normalized spacial score (nSPS) is 19.4. The van der Waals surface area contributed by atoms with Crippen LogP contribution in [0.25, 0.3) is 0 Å². The molecule has 1 amide bonds. The third-order valence-electron chi connectivity index (χ3n) is 3.49. The summed E-state index contributed by atoms with van der Waals surface area (Å²) in [7, 11) is 3.86. The van der Waals surface area contributed by atoms with Crippen LogP contribution >= 0.6 is 0 Å². The number of amides is 1. The number of rotatable bonds is 5. The first kappa shape index (κ1) is 13.5. The topological polar surface area (TPSA) is 44.4 Å². The van der Waals surface area contributed by atoms with Crippen molar-refractivity contribution in [2.45, 2.75) is 26.2 Å². The van der Waals surface area contributed by atoms with Crippen LogP contribution in [-0.4, -0.2) is 51.1 Å². The van der Waals surface area contributed by atoms with E-state index in [0.29, 0.717) is 5.91 Å². The molecule has 0 aliphatic carbocycles. The van der Waals surface area contributed by atoms with Crippen molar-refractivity contribution in [3.8, 4) is 0 Å². The maximum Gasteiger partial charge on any atom is 0.228 e. The van der Waals surface area contributed by atoms with Gasteiger partial charge in [0.25, 0.3) is 0 Å². The lowest BCUT2D eigenvalue weighted by atomic mass is 9.79. The Kier molecular flexibility index (Phi) is 5.22. The summed E-state index contributed by atoms with van der Waals surface area (Å²) in [6.07, 6.45) is 2.94. The van der Waals surface area contributed by atoms with Gasteiger partial charge in [-0.2, -0.15) is 0 Å².